The summed E-state index contributed by atoms with van der Waals surface area (Å²) in [7, 11) is 3.10. The van der Waals surface area contributed by atoms with E-state index in [4.69, 9.17) is 18.6 Å². The highest BCUT2D eigenvalue weighted by molar-refractivity contribution is 8.16. The fraction of sp³-hybridized carbons (Fsp3) is 0.269. The molecule has 2 aliphatic heterocycles. The predicted octanol–water partition coefficient (Wildman–Crippen LogP) is 4.31. The molecule has 0 unspecified atom stereocenters. The molecule has 10 heteroatoms. The minimum Gasteiger partial charge on any atom is -0.493 e. The number of ether oxygens (including phenoxy) is 3. The number of hydrogen-bond acceptors (Lipinski definition) is 9. The monoisotopic (exact) mass is 509 g/mol. The molecule has 2 aromatic rings. The predicted molar refractivity (Wildman–Crippen MR) is 136 cm³/mol. The van der Waals surface area contributed by atoms with Gasteiger partial charge in [0.15, 0.2) is 16.7 Å². The third kappa shape index (κ3) is 5.03. The van der Waals surface area contributed by atoms with Gasteiger partial charge in [-0.25, -0.2) is 9.79 Å². The van der Waals surface area contributed by atoms with Crippen molar-refractivity contribution in [2.75, 3.05) is 20.8 Å². The smallest absolute Gasteiger partial charge is 0.338 e. The number of thioether (sulfide) groups is 1. The van der Waals surface area contributed by atoms with Crippen molar-refractivity contribution >= 4 is 28.8 Å². The number of nitrogens with zero attached hydrogens (tertiary/aromatic N) is 2. The lowest BCUT2D eigenvalue weighted by Crippen LogP contribution is -2.38. The summed E-state index contributed by atoms with van der Waals surface area (Å²) in [5, 5.41) is 5.39. The molecule has 4 rings (SSSR count). The quantitative estimate of drug-likeness (QED) is 0.373. The average Bonchev–Trinajstić information content (AvgIpc) is 3.54. The first-order valence-corrected chi connectivity index (χ1v) is 12.1. The molecule has 1 aromatic heterocycles. The van der Waals surface area contributed by atoms with E-state index in [2.05, 4.69) is 16.9 Å². The third-order valence-corrected chi connectivity index (χ3v) is 6.55. The Labute approximate surface area is 213 Å². The van der Waals surface area contributed by atoms with Crippen molar-refractivity contribution in [2.24, 2.45) is 4.99 Å². The summed E-state index contributed by atoms with van der Waals surface area (Å²) in [6.45, 7) is 5.73. The molecule has 36 heavy (non-hydrogen) atoms. The van der Waals surface area contributed by atoms with E-state index in [0.29, 0.717) is 45.0 Å². The summed E-state index contributed by atoms with van der Waals surface area (Å²) < 4.78 is 21.9. The first-order valence-electron chi connectivity index (χ1n) is 11.2. The minimum absolute atomic E-state index is 0.0563. The second-order valence-electron chi connectivity index (χ2n) is 7.90. The number of esters is 1. The van der Waals surface area contributed by atoms with Crippen molar-refractivity contribution in [3.05, 3.63) is 82.9 Å². The van der Waals surface area contributed by atoms with Crippen molar-refractivity contribution < 1.29 is 28.2 Å². The Morgan fingerprint density at radius 2 is 2.08 bits per heavy atom. The average molecular weight is 510 g/mol. The van der Waals surface area contributed by atoms with Crippen LogP contribution in [0, 0.1) is 0 Å². The van der Waals surface area contributed by atoms with Gasteiger partial charge < -0.3 is 28.8 Å². The topological polar surface area (TPSA) is 103 Å². The number of fused-ring (bicyclic) bond motifs is 1. The van der Waals surface area contributed by atoms with Crippen LogP contribution in [0.2, 0.25) is 0 Å². The Bertz CT molecular complexity index is 1250. The van der Waals surface area contributed by atoms with E-state index in [0.717, 1.165) is 0 Å². The number of rotatable bonds is 10. The Morgan fingerprint density at radius 1 is 1.25 bits per heavy atom. The van der Waals surface area contributed by atoms with E-state index in [9.17, 15) is 9.59 Å². The Hall–Kier alpha value is -3.92. The molecule has 0 aliphatic carbocycles. The molecule has 2 aliphatic rings. The van der Waals surface area contributed by atoms with Crippen molar-refractivity contribution in [1.29, 1.82) is 0 Å². The van der Waals surface area contributed by atoms with Crippen LogP contribution in [0.15, 0.2) is 81.0 Å². The van der Waals surface area contributed by atoms with E-state index < -0.39 is 12.0 Å². The molecule has 3 heterocycles. The number of methoxy groups -OCH3 is 2. The summed E-state index contributed by atoms with van der Waals surface area (Å²) in [5.41, 5.74) is 2.23. The van der Waals surface area contributed by atoms with E-state index in [1.807, 2.05) is 22.4 Å². The van der Waals surface area contributed by atoms with E-state index in [1.165, 1.54) is 17.8 Å². The third-order valence-electron chi connectivity index (χ3n) is 5.66. The number of carbonyl (C=O) groups excluding carboxylic acids is 2. The lowest BCUT2D eigenvalue weighted by atomic mass is 9.92. The van der Waals surface area contributed by atoms with Gasteiger partial charge >= 0.3 is 5.97 Å². The molecule has 1 amide bonds. The number of allylic oxidation sites excluding steroid dienone is 1. The molecular formula is C26H27N3O6S. The molecule has 0 fully saturated rings. The maximum absolute atomic E-state index is 13.2. The highest BCUT2D eigenvalue weighted by Crippen LogP contribution is 2.48. The lowest BCUT2D eigenvalue weighted by molar-refractivity contribution is -0.138. The zero-order valence-corrected chi connectivity index (χ0v) is 21.1. The van der Waals surface area contributed by atoms with Crippen LogP contribution in [0.4, 0.5) is 0 Å². The molecular weight excluding hydrogens is 482 g/mol. The van der Waals surface area contributed by atoms with Gasteiger partial charge in [-0.1, -0.05) is 36.5 Å². The second kappa shape index (κ2) is 11.2. The van der Waals surface area contributed by atoms with Gasteiger partial charge in [-0.2, -0.15) is 0 Å². The van der Waals surface area contributed by atoms with Crippen LogP contribution in [0.1, 0.15) is 30.7 Å². The summed E-state index contributed by atoms with van der Waals surface area (Å²) in [4.78, 5) is 32.6. The Kier molecular flexibility index (Phi) is 7.84. The number of para-hydroxylation sites is 1. The molecule has 1 aromatic carbocycles. The van der Waals surface area contributed by atoms with Gasteiger partial charge in [-0.05, 0) is 30.5 Å². The summed E-state index contributed by atoms with van der Waals surface area (Å²) >= 11 is 1.39. The molecule has 188 valence electrons. The van der Waals surface area contributed by atoms with Crippen LogP contribution >= 0.6 is 11.8 Å². The normalized spacial score (nSPS) is 16.6. The van der Waals surface area contributed by atoms with Crippen LogP contribution < -0.4 is 14.8 Å². The highest BCUT2D eigenvalue weighted by Gasteiger charge is 2.42. The van der Waals surface area contributed by atoms with Gasteiger partial charge in [0.25, 0.3) is 0 Å². The highest BCUT2D eigenvalue weighted by atomic mass is 32.2. The van der Waals surface area contributed by atoms with Gasteiger partial charge in [0.05, 0.1) is 50.8 Å². The molecule has 9 nitrogen and oxygen atoms in total. The van der Waals surface area contributed by atoms with E-state index in [1.54, 1.807) is 45.6 Å². The molecule has 1 N–H and O–H groups in total. The zero-order chi connectivity index (χ0) is 25.7. The fourth-order valence-corrected chi connectivity index (χ4v) is 5.05. The SMILES string of the molecule is C=CCOC(=O)C1=C(C)N=C2SC=C(CC(=O)NCc3ccco3)N2[C@H]1c1cccc(OC)c1OC. The van der Waals surface area contributed by atoms with Gasteiger partial charge in [0.2, 0.25) is 5.91 Å². The Morgan fingerprint density at radius 3 is 2.78 bits per heavy atom. The Balaban J connectivity index is 1.71. The first kappa shape index (κ1) is 25.2. The van der Waals surface area contributed by atoms with Crippen molar-refractivity contribution in [3.63, 3.8) is 0 Å². The molecule has 0 saturated carbocycles. The van der Waals surface area contributed by atoms with Crippen LogP contribution in [-0.4, -0.2) is 42.8 Å². The fourth-order valence-electron chi connectivity index (χ4n) is 4.09. The number of carbonyl (C=O) groups is 2. The van der Waals surface area contributed by atoms with Crippen LogP contribution in [-0.2, 0) is 20.9 Å². The van der Waals surface area contributed by atoms with Crippen molar-refractivity contribution in [3.8, 4) is 11.5 Å². The van der Waals surface area contributed by atoms with Crippen LogP contribution in [0.5, 0.6) is 11.5 Å². The van der Waals surface area contributed by atoms with Gasteiger partial charge in [0.1, 0.15) is 12.4 Å². The van der Waals surface area contributed by atoms with Crippen LogP contribution in [0.25, 0.3) is 0 Å². The van der Waals surface area contributed by atoms with E-state index >= 15 is 0 Å². The van der Waals surface area contributed by atoms with Crippen molar-refractivity contribution in [2.45, 2.75) is 25.9 Å². The number of hydrogen-bond donors (Lipinski definition) is 1. The molecule has 0 radical (unpaired) electrons. The zero-order valence-electron chi connectivity index (χ0n) is 20.3. The largest absolute Gasteiger partial charge is 0.493 e. The number of amides is 1. The molecule has 0 bridgehead atoms. The molecule has 0 spiro atoms. The maximum atomic E-state index is 13.2. The lowest BCUT2D eigenvalue weighted by Gasteiger charge is -2.37. The number of aliphatic imine (C=N–C) groups is 1. The minimum atomic E-state index is -0.654. The van der Waals surface area contributed by atoms with Crippen molar-refractivity contribution in [1.82, 2.24) is 10.2 Å². The number of nitrogens with one attached hydrogen (secondary N) is 1. The van der Waals surface area contributed by atoms with Gasteiger partial charge in [0, 0.05) is 11.3 Å². The summed E-state index contributed by atoms with van der Waals surface area (Å²) in [6, 6.07) is 8.37. The molecule has 0 saturated heterocycles. The van der Waals surface area contributed by atoms with E-state index in [-0.39, 0.29) is 25.5 Å². The molecule has 1 atom stereocenters. The summed E-state index contributed by atoms with van der Waals surface area (Å²) in [6.07, 6.45) is 3.14. The standard InChI is InChI=1S/C26H27N3O6S/c1-5-11-35-25(31)22-16(2)28-26-29(23(22)19-9-6-10-20(32-3)24(19)33-4)17(15-36-26)13-21(30)27-14-18-8-7-12-34-18/h5-10,12,15,23H,1,11,13-14H2,2-4H3,(H,27,30)/t23-/m0/s1. The van der Waals surface area contributed by atoms with Crippen LogP contribution in [0.3, 0.4) is 0 Å². The number of furan rings is 1. The second-order valence-corrected chi connectivity index (χ2v) is 8.73. The van der Waals surface area contributed by atoms with Gasteiger partial charge in [-0.3, -0.25) is 4.79 Å². The number of amidine groups is 1. The first-order chi connectivity index (χ1) is 17.5. The summed E-state index contributed by atoms with van der Waals surface area (Å²) in [5.74, 6) is 0.931. The van der Waals surface area contributed by atoms with Gasteiger partial charge in [-0.15, -0.1) is 0 Å². The number of benzene rings is 1. The maximum Gasteiger partial charge on any atom is 0.338 e.